The highest BCUT2D eigenvalue weighted by Gasteiger charge is 2.43. The minimum atomic E-state index is -0.808. The van der Waals surface area contributed by atoms with Crippen LogP contribution in [0.15, 0.2) is 35.6 Å². The summed E-state index contributed by atoms with van der Waals surface area (Å²) in [6, 6.07) is 9.55. The zero-order valence-corrected chi connectivity index (χ0v) is 13.0. The lowest BCUT2D eigenvalue weighted by atomic mass is 9.74. The maximum Gasteiger partial charge on any atom is 0.205 e. The molecule has 1 aliphatic carbocycles. The molecule has 1 aliphatic heterocycles. The third kappa shape index (κ3) is 2.61. The van der Waals surface area contributed by atoms with E-state index in [0.717, 1.165) is 12.0 Å². The molecule has 1 aromatic carbocycles. The van der Waals surface area contributed by atoms with Gasteiger partial charge < -0.3 is 9.47 Å². The second-order valence-electron chi connectivity index (χ2n) is 5.64. The van der Waals surface area contributed by atoms with E-state index in [1.54, 1.807) is 0 Å². The Morgan fingerprint density at radius 3 is 2.91 bits per heavy atom. The largest absolute Gasteiger partial charge is 0.494 e. The minimum Gasteiger partial charge on any atom is -0.494 e. The van der Waals surface area contributed by atoms with E-state index in [-0.39, 0.29) is 11.7 Å². The van der Waals surface area contributed by atoms with Crippen molar-refractivity contribution in [2.45, 2.75) is 32.1 Å². The van der Waals surface area contributed by atoms with E-state index in [1.807, 2.05) is 31.2 Å². The Morgan fingerprint density at radius 2 is 2.17 bits per heavy atom. The molecule has 1 aromatic rings. The Labute approximate surface area is 135 Å². The number of carbonyl (C=O) groups excluding carboxylic acids is 1. The first kappa shape index (κ1) is 15.3. The topological polar surface area (TPSA) is 83.2 Å². The Kier molecular flexibility index (Phi) is 4.16. The van der Waals surface area contributed by atoms with Gasteiger partial charge >= 0.3 is 0 Å². The second-order valence-corrected chi connectivity index (χ2v) is 5.64. The van der Waals surface area contributed by atoms with Crippen LogP contribution in [0.2, 0.25) is 0 Å². The maximum atomic E-state index is 12.5. The summed E-state index contributed by atoms with van der Waals surface area (Å²) in [5.41, 5.74) is 1.32. The number of para-hydroxylation sites is 1. The van der Waals surface area contributed by atoms with Gasteiger partial charge in [-0.15, -0.1) is 0 Å². The van der Waals surface area contributed by atoms with E-state index in [1.165, 1.54) is 0 Å². The fourth-order valence-corrected chi connectivity index (χ4v) is 3.29. The van der Waals surface area contributed by atoms with Crippen molar-refractivity contribution in [1.29, 1.82) is 10.7 Å². The number of hydrogen-bond acceptors (Lipinski definition) is 5. The van der Waals surface area contributed by atoms with Gasteiger partial charge in [-0.1, -0.05) is 18.2 Å². The summed E-state index contributed by atoms with van der Waals surface area (Å²) < 4.78 is 11.2. The standard InChI is InChI=1S/C18H18N2O3/c1-2-22-14-8-4-3-6-11(14)16-12(10-19)18(20)23-15-9-5-7-13(21)17(15)16/h3-4,6,8,12,16,20H,2,5,7,9H2,1H3. The number of rotatable bonds is 3. The molecule has 0 saturated heterocycles. The number of allylic oxidation sites excluding steroid dienone is 2. The van der Waals surface area contributed by atoms with Crippen LogP contribution in [-0.4, -0.2) is 18.3 Å². The molecule has 0 saturated carbocycles. The molecule has 0 spiro atoms. The molecule has 0 amide bonds. The third-order valence-electron chi connectivity index (χ3n) is 4.26. The highest BCUT2D eigenvalue weighted by molar-refractivity contribution is 6.01. The van der Waals surface area contributed by atoms with Gasteiger partial charge in [0, 0.05) is 29.9 Å². The average molecular weight is 310 g/mol. The summed E-state index contributed by atoms with van der Waals surface area (Å²) in [7, 11) is 0. The van der Waals surface area contributed by atoms with Gasteiger partial charge in [0.1, 0.15) is 17.4 Å². The Bertz CT molecular complexity index is 730. The van der Waals surface area contributed by atoms with Crippen molar-refractivity contribution in [2.24, 2.45) is 5.92 Å². The Balaban J connectivity index is 2.18. The van der Waals surface area contributed by atoms with Gasteiger partial charge in [0.05, 0.1) is 12.7 Å². The van der Waals surface area contributed by atoms with Crippen LogP contribution in [0.5, 0.6) is 5.75 Å². The number of benzene rings is 1. The van der Waals surface area contributed by atoms with Crippen molar-refractivity contribution in [3.63, 3.8) is 0 Å². The minimum absolute atomic E-state index is 0.00954. The number of nitriles is 1. The molecule has 0 fully saturated rings. The van der Waals surface area contributed by atoms with Gasteiger partial charge in [0.15, 0.2) is 5.78 Å². The normalized spacial score (nSPS) is 23.8. The smallest absolute Gasteiger partial charge is 0.205 e. The van der Waals surface area contributed by atoms with Crippen molar-refractivity contribution in [1.82, 2.24) is 0 Å². The molecule has 5 heteroatoms. The summed E-state index contributed by atoms with van der Waals surface area (Å²) in [6.45, 7) is 2.38. The van der Waals surface area contributed by atoms with Gasteiger partial charge in [-0.25, -0.2) is 0 Å². The summed E-state index contributed by atoms with van der Waals surface area (Å²) in [6.07, 6.45) is 1.82. The number of nitrogens with zero attached hydrogens (tertiary/aromatic N) is 1. The molecule has 23 heavy (non-hydrogen) atoms. The van der Waals surface area contributed by atoms with Crippen LogP contribution < -0.4 is 4.74 Å². The van der Waals surface area contributed by atoms with Crippen LogP contribution in [0.4, 0.5) is 0 Å². The maximum absolute atomic E-state index is 12.5. The van der Waals surface area contributed by atoms with Gasteiger partial charge in [0.2, 0.25) is 5.90 Å². The highest BCUT2D eigenvalue weighted by Crippen LogP contribution is 2.45. The summed E-state index contributed by atoms with van der Waals surface area (Å²) in [5, 5.41) is 17.6. The van der Waals surface area contributed by atoms with Crippen molar-refractivity contribution in [2.75, 3.05) is 6.61 Å². The van der Waals surface area contributed by atoms with Gasteiger partial charge in [-0.3, -0.25) is 10.2 Å². The Hall–Kier alpha value is -2.61. The molecule has 2 atom stereocenters. The molecule has 2 aliphatic rings. The molecule has 0 radical (unpaired) electrons. The van der Waals surface area contributed by atoms with Crippen LogP contribution in [-0.2, 0) is 9.53 Å². The van der Waals surface area contributed by atoms with Crippen molar-refractivity contribution in [3.05, 3.63) is 41.2 Å². The van der Waals surface area contributed by atoms with E-state index in [9.17, 15) is 10.1 Å². The zero-order valence-electron chi connectivity index (χ0n) is 13.0. The molecule has 0 aromatic heterocycles. The van der Waals surface area contributed by atoms with E-state index in [0.29, 0.717) is 36.5 Å². The first-order valence-electron chi connectivity index (χ1n) is 7.81. The van der Waals surface area contributed by atoms with Crippen LogP contribution in [0.25, 0.3) is 0 Å². The summed E-state index contributed by atoms with van der Waals surface area (Å²) in [4.78, 5) is 12.5. The van der Waals surface area contributed by atoms with Crippen LogP contribution in [0.1, 0.15) is 37.7 Å². The van der Waals surface area contributed by atoms with Gasteiger partial charge in [-0.2, -0.15) is 5.26 Å². The van der Waals surface area contributed by atoms with Crippen molar-refractivity contribution < 1.29 is 14.3 Å². The second kappa shape index (κ2) is 6.25. The first-order chi connectivity index (χ1) is 11.2. The number of Topliss-reactive ketones (excluding diaryl/α,β-unsaturated/α-hetero) is 1. The molecule has 5 nitrogen and oxygen atoms in total. The molecular weight excluding hydrogens is 292 g/mol. The molecular formula is C18H18N2O3. The molecule has 1 heterocycles. The quantitative estimate of drug-likeness (QED) is 0.928. The SMILES string of the molecule is CCOc1ccccc1C1C2=C(CCCC2=O)OC(=N)C1C#N. The predicted molar refractivity (Wildman–Crippen MR) is 84.2 cm³/mol. The van der Waals surface area contributed by atoms with Crippen LogP contribution in [0, 0.1) is 22.7 Å². The van der Waals surface area contributed by atoms with Gasteiger partial charge in [-0.05, 0) is 19.4 Å². The van der Waals surface area contributed by atoms with Crippen LogP contribution in [0.3, 0.4) is 0 Å². The molecule has 1 N–H and O–H groups in total. The van der Waals surface area contributed by atoms with E-state index in [2.05, 4.69) is 6.07 Å². The number of ketones is 1. The predicted octanol–water partition coefficient (Wildman–Crippen LogP) is 3.32. The molecule has 118 valence electrons. The van der Waals surface area contributed by atoms with E-state index in [4.69, 9.17) is 14.9 Å². The summed E-state index contributed by atoms with van der Waals surface area (Å²) >= 11 is 0. The number of ether oxygens (including phenoxy) is 2. The fourth-order valence-electron chi connectivity index (χ4n) is 3.29. The number of hydrogen-bond donors (Lipinski definition) is 1. The van der Waals surface area contributed by atoms with E-state index >= 15 is 0 Å². The first-order valence-corrected chi connectivity index (χ1v) is 7.81. The van der Waals surface area contributed by atoms with Crippen molar-refractivity contribution in [3.8, 4) is 11.8 Å². The average Bonchev–Trinajstić information content (AvgIpc) is 2.55. The lowest BCUT2D eigenvalue weighted by Gasteiger charge is -2.34. The van der Waals surface area contributed by atoms with E-state index < -0.39 is 11.8 Å². The lowest BCUT2D eigenvalue weighted by molar-refractivity contribution is -0.116. The molecule has 3 rings (SSSR count). The molecule has 2 unspecified atom stereocenters. The Morgan fingerprint density at radius 1 is 1.39 bits per heavy atom. The van der Waals surface area contributed by atoms with Crippen molar-refractivity contribution >= 4 is 11.7 Å². The highest BCUT2D eigenvalue weighted by atomic mass is 16.5. The van der Waals surface area contributed by atoms with Crippen LogP contribution >= 0.6 is 0 Å². The zero-order chi connectivity index (χ0) is 16.4. The third-order valence-corrected chi connectivity index (χ3v) is 4.26. The number of nitrogens with one attached hydrogen (secondary N) is 1. The molecule has 0 bridgehead atoms. The fraction of sp³-hybridized carbons (Fsp3) is 0.389. The number of carbonyl (C=O) groups is 1. The van der Waals surface area contributed by atoms with Gasteiger partial charge in [0.25, 0.3) is 0 Å². The lowest BCUT2D eigenvalue weighted by Crippen LogP contribution is -2.34. The monoisotopic (exact) mass is 310 g/mol. The summed E-state index contributed by atoms with van der Waals surface area (Å²) in [5.74, 6) is -0.175.